The number of ether oxygens (including phenoxy) is 1. The molecule has 0 aliphatic rings. The van der Waals surface area contributed by atoms with Crippen LogP contribution in [0.3, 0.4) is 0 Å². The highest BCUT2D eigenvalue weighted by molar-refractivity contribution is 7.99. The van der Waals surface area contributed by atoms with Crippen molar-refractivity contribution in [1.82, 2.24) is 9.97 Å². The Labute approximate surface area is 199 Å². The summed E-state index contributed by atoms with van der Waals surface area (Å²) in [5.41, 5.74) is 7.50. The standard InChI is InChI=1S/C25H21FN4O3S/c26-18-8-10-19(11-9-18)29-24(32)21-14-28-25(30-23(21)27)34-15-22(31)33-13-12-17-6-3-5-16-4-1-2-7-20(16)17/h1-11,14H,12-13,15H2,(H,29,32)(H2,27,28,30). The summed E-state index contributed by atoms with van der Waals surface area (Å²) in [4.78, 5) is 32.7. The predicted molar refractivity (Wildman–Crippen MR) is 130 cm³/mol. The molecule has 7 nitrogen and oxygen atoms in total. The summed E-state index contributed by atoms with van der Waals surface area (Å²) < 4.78 is 18.3. The van der Waals surface area contributed by atoms with Crippen molar-refractivity contribution in [3.63, 3.8) is 0 Å². The first-order valence-electron chi connectivity index (χ1n) is 10.4. The number of aromatic nitrogens is 2. The van der Waals surface area contributed by atoms with E-state index in [1.54, 1.807) is 0 Å². The second-order valence-electron chi connectivity index (χ2n) is 7.31. The van der Waals surface area contributed by atoms with Crippen LogP contribution < -0.4 is 11.1 Å². The number of nitrogens with zero attached hydrogens (tertiary/aromatic N) is 2. The lowest BCUT2D eigenvalue weighted by Gasteiger charge is -2.09. The fourth-order valence-corrected chi connectivity index (χ4v) is 3.93. The number of esters is 1. The van der Waals surface area contributed by atoms with Crippen LogP contribution in [0.5, 0.6) is 0 Å². The first-order valence-corrected chi connectivity index (χ1v) is 11.4. The molecule has 1 aromatic heterocycles. The Kier molecular flexibility index (Phi) is 7.34. The van der Waals surface area contributed by atoms with Gasteiger partial charge in [-0.1, -0.05) is 54.2 Å². The van der Waals surface area contributed by atoms with Gasteiger partial charge in [-0.15, -0.1) is 0 Å². The van der Waals surface area contributed by atoms with E-state index in [0.29, 0.717) is 12.1 Å². The third-order valence-corrected chi connectivity index (χ3v) is 5.81. The molecule has 4 rings (SSSR count). The Hall–Kier alpha value is -3.98. The van der Waals surface area contributed by atoms with Crippen LogP contribution in [0.25, 0.3) is 10.8 Å². The Bertz CT molecular complexity index is 1330. The van der Waals surface area contributed by atoms with Crippen molar-refractivity contribution in [2.24, 2.45) is 0 Å². The number of benzene rings is 3. The lowest BCUT2D eigenvalue weighted by molar-refractivity contribution is -0.140. The summed E-state index contributed by atoms with van der Waals surface area (Å²) in [5, 5.41) is 5.14. The van der Waals surface area contributed by atoms with E-state index in [0.717, 1.165) is 28.1 Å². The van der Waals surface area contributed by atoms with Crippen molar-refractivity contribution in [3.8, 4) is 0 Å². The number of rotatable bonds is 8. The average molecular weight is 477 g/mol. The molecule has 0 unspecified atom stereocenters. The van der Waals surface area contributed by atoms with Crippen molar-refractivity contribution in [1.29, 1.82) is 0 Å². The fourth-order valence-electron chi connectivity index (χ4n) is 3.30. The van der Waals surface area contributed by atoms with E-state index in [1.165, 1.54) is 30.5 Å². The van der Waals surface area contributed by atoms with Gasteiger partial charge in [-0.25, -0.2) is 14.4 Å². The molecule has 0 saturated heterocycles. The number of fused-ring (bicyclic) bond motifs is 1. The van der Waals surface area contributed by atoms with Crippen molar-refractivity contribution >= 4 is 45.9 Å². The van der Waals surface area contributed by atoms with Crippen LogP contribution in [-0.2, 0) is 16.0 Å². The molecule has 3 aromatic carbocycles. The molecule has 0 radical (unpaired) electrons. The zero-order valence-electron chi connectivity index (χ0n) is 18.0. The van der Waals surface area contributed by atoms with Gasteiger partial charge in [-0.3, -0.25) is 9.59 Å². The molecule has 0 fully saturated rings. The van der Waals surface area contributed by atoms with Gasteiger partial charge >= 0.3 is 5.97 Å². The van der Waals surface area contributed by atoms with Crippen LogP contribution in [-0.4, -0.2) is 34.2 Å². The average Bonchev–Trinajstić information content (AvgIpc) is 2.84. The van der Waals surface area contributed by atoms with Crippen LogP contribution in [0.4, 0.5) is 15.9 Å². The minimum atomic E-state index is -0.520. The summed E-state index contributed by atoms with van der Waals surface area (Å²) in [6.07, 6.45) is 1.90. The topological polar surface area (TPSA) is 107 Å². The second-order valence-corrected chi connectivity index (χ2v) is 8.25. The van der Waals surface area contributed by atoms with Gasteiger partial charge in [-0.05, 0) is 40.6 Å². The normalized spacial score (nSPS) is 10.7. The molecule has 34 heavy (non-hydrogen) atoms. The maximum atomic E-state index is 13.0. The number of anilines is 2. The number of thioether (sulfide) groups is 1. The van der Waals surface area contributed by atoms with E-state index in [9.17, 15) is 14.0 Å². The Morgan fingerprint density at radius 1 is 1.03 bits per heavy atom. The van der Waals surface area contributed by atoms with Crippen LogP contribution in [0.15, 0.2) is 78.1 Å². The van der Waals surface area contributed by atoms with E-state index in [1.807, 2.05) is 42.5 Å². The summed E-state index contributed by atoms with van der Waals surface area (Å²) in [6, 6.07) is 19.5. The van der Waals surface area contributed by atoms with Crippen LogP contribution >= 0.6 is 11.8 Å². The summed E-state index contributed by atoms with van der Waals surface area (Å²) in [6.45, 7) is 0.263. The molecule has 0 saturated carbocycles. The predicted octanol–water partition coefficient (Wildman–Crippen LogP) is 4.48. The van der Waals surface area contributed by atoms with E-state index < -0.39 is 17.7 Å². The Morgan fingerprint density at radius 2 is 1.79 bits per heavy atom. The number of hydrogen-bond donors (Lipinski definition) is 2. The molecule has 0 spiro atoms. The number of nitrogens with one attached hydrogen (secondary N) is 1. The molecule has 4 aromatic rings. The van der Waals surface area contributed by atoms with Gasteiger partial charge in [0.05, 0.1) is 12.4 Å². The molecular weight excluding hydrogens is 455 g/mol. The molecule has 1 amide bonds. The molecule has 3 N–H and O–H groups in total. The van der Waals surface area contributed by atoms with Gasteiger partial charge < -0.3 is 15.8 Å². The van der Waals surface area contributed by atoms with E-state index in [4.69, 9.17) is 10.5 Å². The number of amides is 1. The molecular formula is C25H21FN4O3S. The highest BCUT2D eigenvalue weighted by atomic mass is 32.2. The zero-order chi connectivity index (χ0) is 23.9. The molecule has 9 heteroatoms. The smallest absolute Gasteiger partial charge is 0.316 e. The summed E-state index contributed by atoms with van der Waals surface area (Å²) in [5.74, 6) is -1.34. The largest absolute Gasteiger partial charge is 0.465 e. The second kappa shape index (κ2) is 10.8. The Morgan fingerprint density at radius 3 is 2.59 bits per heavy atom. The van der Waals surface area contributed by atoms with Crippen molar-refractivity contribution in [2.45, 2.75) is 11.6 Å². The number of hydrogen-bond acceptors (Lipinski definition) is 7. The van der Waals surface area contributed by atoms with E-state index >= 15 is 0 Å². The number of halogens is 1. The maximum Gasteiger partial charge on any atom is 0.316 e. The minimum Gasteiger partial charge on any atom is -0.465 e. The number of carbonyl (C=O) groups is 2. The highest BCUT2D eigenvalue weighted by Gasteiger charge is 2.14. The van der Waals surface area contributed by atoms with Crippen LogP contribution in [0, 0.1) is 5.82 Å². The van der Waals surface area contributed by atoms with Gasteiger partial charge in [0, 0.05) is 18.3 Å². The zero-order valence-corrected chi connectivity index (χ0v) is 18.8. The van der Waals surface area contributed by atoms with Gasteiger partial charge in [0.25, 0.3) is 5.91 Å². The first-order chi connectivity index (χ1) is 16.5. The van der Waals surface area contributed by atoms with Gasteiger partial charge in [0.15, 0.2) is 5.16 Å². The van der Waals surface area contributed by atoms with Crippen molar-refractivity contribution in [2.75, 3.05) is 23.4 Å². The SMILES string of the molecule is Nc1nc(SCC(=O)OCCc2cccc3ccccc23)ncc1C(=O)Nc1ccc(F)cc1. The van der Waals surface area contributed by atoms with Crippen molar-refractivity contribution < 1.29 is 18.7 Å². The third-order valence-electron chi connectivity index (χ3n) is 4.98. The molecule has 1 heterocycles. The van der Waals surface area contributed by atoms with Crippen molar-refractivity contribution in [3.05, 3.63) is 89.9 Å². The quantitative estimate of drug-likeness (QED) is 0.219. The minimum absolute atomic E-state index is 0.0100. The lowest BCUT2D eigenvalue weighted by atomic mass is 10.0. The number of nitrogens with two attached hydrogens (primary N) is 1. The van der Waals surface area contributed by atoms with Gasteiger partial charge in [0.2, 0.25) is 0 Å². The maximum absolute atomic E-state index is 13.0. The molecule has 0 aliphatic heterocycles. The van der Waals surface area contributed by atoms with Crippen LogP contribution in [0.2, 0.25) is 0 Å². The summed E-state index contributed by atoms with van der Waals surface area (Å²) in [7, 11) is 0. The Balaban J connectivity index is 1.27. The van der Waals surface area contributed by atoms with Gasteiger partial charge in [-0.2, -0.15) is 0 Å². The molecule has 172 valence electrons. The monoisotopic (exact) mass is 476 g/mol. The lowest BCUT2D eigenvalue weighted by Crippen LogP contribution is -2.16. The van der Waals surface area contributed by atoms with E-state index in [-0.39, 0.29) is 28.9 Å². The first kappa shape index (κ1) is 23.2. The third kappa shape index (κ3) is 5.87. The molecule has 0 atom stereocenters. The number of carbonyl (C=O) groups excluding carboxylic acids is 2. The molecule has 0 bridgehead atoms. The molecule has 0 aliphatic carbocycles. The summed E-state index contributed by atoms with van der Waals surface area (Å²) >= 11 is 1.07. The number of nitrogen functional groups attached to an aromatic ring is 1. The fraction of sp³-hybridized carbons (Fsp3) is 0.120. The van der Waals surface area contributed by atoms with Gasteiger partial charge in [0.1, 0.15) is 17.2 Å². The highest BCUT2D eigenvalue weighted by Crippen LogP contribution is 2.20. The van der Waals surface area contributed by atoms with E-state index in [2.05, 4.69) is 15.3 Å². The van der Waals surface area contributed by atoms with Crippen LogP contribution in [0.1, 0.15) is 15.9 Å².